The summed E-state index contributed by atoms with van der Waals surface area (Å²) in [6.45, 7) is 6.25. The molecule has 0 amide bonds. The minimum Gasteiger partial charge on any atom is -0.0995 e. The number of unbranched alkanes of at least 4 members (excludes halogenated alkanes) is 5. The van der Waals surface area contributed by atoms with Crippen LogP contribution in [0.2, 0.25) is 0 Å². The molecule has 0 spiro atoms. The summed E-state index contributed by atoms with van der Waals surface area (Å²) in [5.41, 5.74) is 1.50. The number of hydrogen-bond donors (Lipinski definition) is 0. The molecule has 1 aliphatic carbocycles. The molecule has 0 aliphatic heterocycles. The molecular formula is C12H22. The lowest BCUT2D eigenvalue weighted by molar-refractivity contribution is 0.573. The third-order valence-electron chi connectivity index (χ3n) is 2.83. The molecule has 70 valence electrons. The zero-order chi connectivity index (χ0) is 8.81. The van der Waals surface area contributed by atoms with Crippen molar-refractivity contribution in [2.45, 2.75) is 58.3 Å². The Morgan fingerprint density at radius 3 is 2.33 bits per heavy atom. The highest BCUT2D eigenvalue weighted by atomic mass is 14.3. The first-order valence-corrected chi connectivity index (χ1v) is 5.52. The van der Waals surface area contributed by atoms with E-state index in [2.05, 4.69) is 13.5 Å². The minimum atomic E-state index is 0.927. The quantitative estimate of drug-likeness (QED) is 0.390. The Labute approximate surface area is 77.1 Å². The van der Waals surface area contributed by atoms with Gasteiger partial charge in [0.15, 0.2) is 0 Å². The monoisotopic (exact) mass is 166 g/mol. The van der Waals surface area contributed by atoms with Gasteiger partial charge in [-0.3, -0.25) is 0 Å². The van der Waals surface area contributed by atoms with Gasteiger partial charge in [-0.25, -0.2) is 0 Å². The van der Waals surface area contributed by atoms with Gasteiger partial charge < -0.3 is 0 Å². The van der Waals surface area contributed by atoms with E-state index < -0.39 is 0 Å². The molecule has 0 nitrogen and oxygen atoms in total. The SMILES string of the molecule is C=C1CC1CCCCCCCC. The normalized spacial score (nSPS) is 21.4. The Kier molecular flexibility index (Phi) is 4.42. The molecule has 1 rings (SSSR count). The molecule has 1 aliphatic rings. The Hall–Kier alpha value is -0.260. The Morgan fingerprint density at radius 1 is 1.17 bits per heavy atom. The fourth-order valence-electron chi connectivity index (χ4n) is 1.73. The maximum Gasteiger partial charge on any atom is -0.0168 e. The van der Waals surface area contributed by atoms with Gasteiger partial charge in [-0.15, -0.1) is 0 Å². The molecule has 0 radical (unpaired) electrons. The summed E-state index contributed by atoms with van der Waals surface area (Å²) in [6, 6.07) is 0. The highest BCUT2D eigenvalue weighted by molar-refractivity contribution is 5.18. The summed E-state index contributed by atoms with van der Waals surface area (Å²) in [6.07, 6.45) is 11.3. The topological polar surface area (TPSA) is 0 Å². The third kappa shape index (κ3) is 3.94. The van der Waals surface area contributed by atoms with E-state index in [1.54, 1.807) is 0 Å². The second-order valence-electron chi connectivity index (χ2n) is 4.12. The van der Waals surface area contributed by atoms with Crippen LogP contribution < -0.4 is 0 Å². The first-order chi connectivity index (χ1) is 5.84. The van der Waals surface area contributed by atoms with Crippen molar-refractivity contribution in [3.05, 3.63) is 12.2 Å². The number of hydrogen-bond acceptors (Lipinski definition) is 0. The van der Waals surface area contributed by atoms with Crippen LogP contribution in [0.3, 0.4) is 0 Å². The van der Waals surface area contributed by atoms with Gasteiger partial charge in [0, 0.05) is 0 Å². The lowest BCUT2D eigenvalue weighted by atomic mass is 10.1. The molecule has 1 fully saturated rings. The van der Waals surface area contributed by atoms with E-state index >= 15 is 0 Å². The molecule has 0 aromatic rings. The molecule has 1 unspecified atom stereocenters. The minimum absolute atomic E-state index is 0.927. The first-order valence-electron chi connectivity index (χ1n) is 5.52. The zero-order valence-electron chi connectivity index (χ0n) is 8.44. The van der Waals surface area contributed by atoms with Crippen molar-refractivity contribution >= 4 is 0 Å². The van der Waals surface area contributed by atoms with E-state index in [9.17, 15) is 0 Å². The van der Waals surface area contributed by atoms with Gasteiger partial charge in [-0.1, -0.05) is 57.6 Å². The third-order valence-corrected chi connectivity index (χ3v) is 2.83. The predicted molar refractivity (Wildman–Crippen MR) is 55.2 cm³/mol. The van der Waals surface area contributed by atoms with Gasteiger partial charge in [-0.2, -0.15) is 0 Å². The smallest absolute Gasteiger partial charge is 0.0168 e. The fraction of sp³-hybridized carbons (Fsp3) is 0.833. The molecule has 1 saturated carbocycles. The van der Waals surface area contributed by atoms with Crippen LogP contribution >= 0.6 is 0 Å². The van der Waals surface area contributed by atoms with E-state index in [-0.39, 0.29) is 0 Å². The van der Waals surface area contributed by atoms with Crippen LogP contribution in [0.4, 0.5) is 0 Å². The van der Waals surface area contributed by atoms with Crippen LogP contribution in [0.5, 0.6) is 0 Å². The Balaban J connectivity index is 1.74. The second-order valence-corrected chi connectivity index (χ2v) is 4.12. The summed E-state index contributed by atoms with van der Waals surface area (Å²) in [4.78, 5) is 0. The van der Waals surface area contributed by atoms with Crippen LogP contribution in [-0.2, 0) is 0 Å². The molecular weight excluding hydrogens is 144 g/mol. The molecule has 0 heterocycles. The number of rotatable bonds is 7. The van der Waals surface area contributed by atoms with Gasteiger partial charge in [0.25, 0.3) is 0 Å². The summed E-state index contributed by atoms with van der Waals surface area (Å²) in [7, 11) is 0. The largest absolute Gasteiger partial charge is 0.0995 e. The van der Waals surface area contributed by atoms with Crippen LogP contribution in [0.1, 0.15) is 58.3 Å². The van der Waals surface area contributed by atoms with Crippen molar-refractivity contribution in [2.75, 3.05) is 0 Å². The molecule has 0 N–H and O–H groups in total. The lowest BCUT2D eigenvalue weighted by Gasteiger charge is -1.98. The Bertz CT molecular complexity index is 135. The standard InChI is InChI=1S/C12H22/c1-3-4-5-6-7-8-9-12-10-11(12)2/h12H,2-10H2,1H3. The summed E-state index contributed by atoms with van der Waals surface area (Å²) in [5.74, 6) is 0.927. The molecule has 0 heteroatoms. The zero-order valence-corrected chi connectivity index (χ0v) is 8.44. The van der Waals surface area contributed by atoms with Crippen LogP contribution in [0, 0.1) is 5.92 Å². The van der Waals surface area contributed by atoms with Crippen molar-refractivity contribution < 1.29 is 0 Å². The van der Waals surface area contributed by atoms with Gasteiger partial charge in [0.1, 0.15) is 0 Å². The van der Waals surface area contributed by atoms with E-state index in [1.165, 1.54) is 56.9 Å². The van der Waals surface area contributed by atoms with Crippen molar-refractivity contribution in [1.29, 1.82) is 0 Å². The summed E-state index contributed by atoms with van der Waals surface area (Å²) in [5, 5.41) is 0. The molecule has 0 saturated heterocycles. The maximum atomic E-state index is 3.98. The van der Waals surface area contributed by atoms with Crippen molar-refractivity contribution in [2.24, 2.45) is 5.92 Å². The van der Waals surface area contributed by atoms with E-state index in [0.717, 1.165) is 5.92 Å². The molecule has 0 bridgehead atoms. The van der Waals surface area contributed by atoms with Gasteiger partial charge in [-0.05, 0) is 18.8 Å². The summed E-state index contributed by atoms with van der Waals surface area (Å²) >= 11 is 0. The van der Waals surface area contributed by atoms with Crippen LogP contribution in [0.15, 0.2) is 12.2 Å². The predicted octanol–water partition coefficient (Wildman–Crippen LogP) is 4.31. The fourth-order valence-corrected chi connectivity index (χ4v) is 1.73. The molecule has 1 atom stereocenters. The van der Waals surface area contributed by atoms with Crippen LogP contribution in [-0.4, -0.2) is 0 Å². The summed E-state index contributed by atoms with van der Waals surface area (Å²) < 4.78 is 0. The first kappa shape index (κ1) is 9.83. The average Bonchev–Trinajstić information content (AvgIpc) is 2.74. The lowest BCUT2D eigenvalue weighted by Crippen LogP contribution is -1.80. The van der Waals surface area contributed by atoms with E-state index in [1.807, 2.05) is 0 Å². The van der Waals surface area contributed by atoms with Gasteiger partial charge in [0.05, 0.1) is 0 Å². The van der Waals surface area contributed by atoms with Crippen molar-refractivity contribution in [3.8, 4) is 0 Å². The van der Waals surface area contributed by atoms with Crippen molar-refractivity contribution in [3.63, 3.8) is 0 Å². The van der Waals surface area contributed by atoms with Gasteiger partial charge in [0.2, 0.25) is 0 Å². The maximum absolute atomic E-state index is 3.98. The second kappa shape index (κ2) is 5.40. The highest BCUT2D eigenvalue weighted by Gasteiger charge is 2.25. The van der Waals surface area contributed by atoms with Gasteiger partial charge >= 0.3 is 0 Å². The van der Waals surface area contributed by atoms with Crippen LogP contribution in [0.25, 0.3) is 0 Å². The number of allylic oxidation sites excluding steroid dienone is 1. The van der Waals surface area contributed by atoms with E-state index in [0.29, 0.717) is 0 Å². The van der Waals surface area contributed by atoms with E-state index in [4.69, 9.17) is 0 Å². The average molecular weight is 166 g/mol. The molecule has 12 heavy (non-hydrogen) atoms. The van der Waals surface area contributed by atoms with Crippen molar-refractivity contribution in [1.82, 2.24) is 0 Å². The molecule has 0 aromatic heterocycles. The Morgan fingerprint density at radius 2 is 1.75 bits per heavy atom. The highest BCUT2D eigenvalue weighted by Crippen LogP contribution is 2.39. The molecule has 0 aromatic carbocycles.